The van der Waals surface area contributed by atoms with Crippen molar-refractivity contribution in [2.45, 2.75) is 24.3 Å². The fourth-order valence-corrected chi connectivity index (χ4v) is 2.91. The Morgan fingerprint density at radius 1 is 1.35 bits per heavy atom. The number of amides is 1. The Labute approximate surface area is 129 Å². The van der Waals surface area contributed by atoms with Crippen LogP contribution in [0.5, 0.6) is 0 Å². The molecule has 0 fully saturated rings. The molecule has 106 valence electrons. The fourth-order valence-electron chi connectivity index (χ4n) is 1.63. The summed E-state index contributed by atoms with van der Waals surface area (Å²) in [6.07, 6.45) is 0. The lowest BCUT2D eigenvalue weighted by Crippen LogP contribution is -2.30. The second-order valence-electron chi connectivity index (χ2n) is 4.54. The molecule has 5 nitrogen and oxygen atoms in total. The molecule has 1 heterocycles. The maximum atomic E-state index is 11.4. The van der Waals surface area contributed by atoms with E-state index in [1.807, 2.05) is 38.1 Å². The number of nitrogens with two attached hydrogens (primary N) is 1. The number of hydrogen-bond acceptors (Lipinski definition) is 5. The van der Waals surface area contributed by atoms with Crippen molar-refractivity contribution in [1.82, 2.24) is 10.2 Å². The highest BCUT2D eigenvalue weighted by Crippen LogP contribution is 2.31. The van der Waals surface area contributed by atoms with Crippen molar-refractivity contribution >= 4 is 33.6 Å². The number of primary amides is 1. The molecule has 0 unspecified atom stereocenters. The molecule has 0 aliphatic carbocycles. The third-order valence-electron chi connectivity index (χ3n) is 2.62. The van der Waals surface area contributed by atoms with Crippen LogP contribution in [0.25, 0.3) is 11.5 Å². The van der Waals surface area contributed by atoms with Crippen LogP contribution >= 0.6 is 27.7 Å². The quantitative estimate of drug-likeness (QED) is 0.833. The lowest BCUT2D eigenvalue weighted by molar-refractivity contribution is -0.118. The van der Waals surface area contributed by atoms with E-state index in [0.717, 1.165) is 10.0 Å². The van der Waals surface area contributed by atoms with Gasteiger partial charge in [0.05, 0.1) is 10.8 Å². The van der Waals surface area contributed by atoms with Crippen LogP contribution in [0.15, 0.2) is 38.4 Å². The number of rotatable bonds is 5. The molecular formula is C13H14BrN3O2S. The van der Waals surface area contributed by atoms with Gasteiger partial charge in [0, 0.05) is 4.47 Å². The van der Waals surface area contributed by atoms with Crippen molar-refractivity contribution in [1.29, 1.82) is 0 Å². The largest absolute Gasteiger partial charge is 0.411 e. The van der Waals surface area contributed by atoms with Crippen LogP contribution in [0.4, 0.5) is 0 Å². The molecule has 7 heteroatoms. The average Bonchev–Trinajstić information content (AvgIpc) is 2.84. The fraction of sp³-hybridized carbons (Fsp3) is 0.308. The van der Waals surface area contributed by atoms with Gasteiger partial charge in [-0.25, -0.2) is 0 Å². The first-order chi connectivity index (χ1) is 9.49. The first-order valence-corrected chi connectivity index (χ1v) is 7.70. The Hall–Kier alpha value is -1.34. The average molecular weight is 356 g/mol. The number of aromatic nitrogens is 2. The molecule has 2 rings (SSSR count). The molecule has 0 spiro atoms. The molecule has 0 aliphatic heterocycles. The van der Waals surface area contributed by atoms with Gasteiger partial charge in [0.2, 0.25) is 11.8 Å². The number of carbonyl (C=O) groups is 1. The molecule has 20 heavy (non-hydrogen) atoms. The highest BCUT2D eigenvalue weighted by atomic mass is 79.9. The Bertz CT molecular complexity index is 615. The number of thioether (sulfide) groups is 1. The summed E-state index contributed by atoms with van der Waals surface area (Å²) in [7, 11) is 0. The van der Waals surface area contributed by atoms with Gasteiger partial charge in [-0.3, -0.25) is 4.79 Å². The van der Waals surface area contributed by atoms with Crippen LogP contribution in [-0.4, -0.2) is 21.4 Å². The van der Waals surface area contributed by atoms with Gasteiger partial charge in [-0.2, -0.15) is 0 Å². The maximum Gasteiger partial charge on any atom is 0.277 e. The van der Waals surface area contributed by atoms with Crippen LogP contribution in [0.3, 0.4) is 0 Å². The Kier molecular flexibility index (Phi) is 4.82. The van der Waals surface area contributed by atoms with E-state index >= 15 is 0 Å². The topological polar surface area (TPSA) is 82.0 Å². The maximum absolute atomic E-state index is 11.4. The van der Waals surface area contributed by atoms with Crippen LogP contribution in [-0.2, 0) is 4.79 Å². The molecule has 0 radical (unpaired) electrons. The second kappa shape index (κ2) is 6.41. The van der Waals surface area contributed by atoms with E-state index < -0.39 is 0 Å². The van der Waals surface area contributed by atoms with Crippen LogP contribution < -0.4 is 5.73 Å². The van der Waals surface area contributed by atoms with Gasteiger partial charge in [-0.05, 0) is 34.0 Å². The smallest absolute Gasteiger partial charge is 0.277 e. The summed E-state index contributed by atoms with van der Waals surface area (Å²) in [5.74, 6) is 0.119. The van der Waals surface area contributed by atoms with E-state index in [-0.39, 0.29) is 17.1 Å². The van der Waals surface area contributed by atoms with Gasteiger partial charge < -0.3 is 10.2 Å². The minimum absolute atomic E-state index is 0.0938. The first kappa shape index (κ1) is 15.1. The van der Waals surface area contributed by atoms with Gasteiger partial charge >= 0.3 is 0 Å². The highest BCUT2D eigenvalue weighted by Gasteiger charge is 2.24. The molecule has 2 aromatic rings. The minimum atomic E-state index is -0.387. The zero-order valence-corrected chi connectivity index (χ0v) is 13.4. The molecule has 0 saturated carbocycles. The van der Waals surface area contributed by atoms with Crippen LogP contribution in [0.2, 0.25) is 0 Å². The first-order valence-electron chi connectivity index (χ1n) is 6.03. The summed E-state index contributed by atoms with van der Waals surface area (Å²) >= 11 is 4.63. The molecular weight excluding hydrogens is 342 g/mol. The zero-order valence-electron chi connectivity index (χ0n) is 11.0. The second-order valence-corrected chi connectivity index (χ2v) is 6.48. The Morgan fingerprint density at radius 3 is 2.65 bits per heavy atom. The zero-order chi connectivity index (χ0) is 14.7. The number of hydrogen-bond donors (Lipinski definition) is 1. The SMILES string of the molecule is CC(C)[C@H](Sc1nnc(-c2ccccc2Br)o1)C(N)=O. The van der Waals surface area contributed by atoms with E-state index in [1.54, 1.807) is 0 Å². The summed E-state index contributed by atoms with van der Waals surface area (Å²) in [4.78, 5) is 11.4. The molecule has 2 N–H and O–H groups in total. The highest BCUT2D eigenvalue weighted by molar-refractivity contribution is 9.10. The molecule has 1 aromatic heterocycles. The molecule has 1 amide bonds. The number of benzene rings is 1. The van der Waals surface area contributed by atoms with Gasteiger partial charge in [0.15, 0.2) is 0 Å². The van der Waals surface area contributed by atoms with Crippen LogP contribution in [0, 0.1) is 5.92 Å². The predicted octanol–water partition coefficient (Wildman–Crippen LogP) is 3.10. The summed E-state index contributed by atoms with van der Waals surface area (Å²) in [5.41, 5.74) is 6.18. The van der Waals surface area contributed by atoms with Crippen molar-refractivity contribution in [3.63, 3.8) is 0 Å². The normalized spacial score (nSPS) is 12.6. The van der Waals surface area contributed by atoms with E-state index in [0.29, 0.717) is 11.1 Å². The molecule has 0 saturated heterocycles. The number of carbonyl (C=O) groups excluding carboxylic acids is 1. The standard InChI is InChI=1S/C13H14BrN3O2S/c1-7(2)10(11(15)18)20-13-17-16-12(19-13)8-5-3-4-6-9(8)14/h3-7,10H,1-2H3,(H2,15,18)/t10-/m0/s1. The Balaban J connectivity index is 2.21. The van der Waals surface area contributed by atoms with Gasteiger partial charge in [0.25, 0.3) is 5.22 Å². The third-order valence-corrected chi connectivity index (χ3v) is 4.71. The predicted molar refractivity (Wildman–Crippen MR) is 81.1 cm³/mol. The molecule has 0 aliphatic rings. The van der Waals surface area contributed by atoms with E-state index in [1.165, 1.54) is 11.8 Å². The van der Waals surface area contributed by atoms with Crippen molar-refractivity contribution in [3.05, 3.63) is 28.7 Å². The molecule has 1 aromatic carbocycles. The van der Waals surface area contributed by atoms with E-state index in [4.69, 9.17) is 10.2 Å². The number of halogens is 1. The Morgan fingerprint density at radius 2 is 2.05 bits per heavy atom. The van der Waals surface area contributed by atoms with Crippen LogP contribution in [0.1, 0.15) is 13.8 Å². The summed E-state index contributed by atoms with van der Waals surface area (Å²) in [6.45, 7) is 3.85. The lowest BCUT2D eigenvalue weighted by Gasteiger charge is -2.13. The van der Waals surface area contributed by atoms with Gasteiger partial charge in [-0.15, -0.1) is 10.2 Å². The molecule has 0 bridgehead atoms. The van der Waals surface area contributed by atoms with E-state index in [2.05, 4.69) is 26.1 Å². The number of nitrogens with zero attached hydrogens (tertiary/aromatic N) is 2. The minimum Gasteiger partial charge on any atom is -0.411 e. The summed E-state index contributed by atoms with van der Waals surface area (Å²) in [6, 6.07) is 7.56. The van der Waals surface area contributed by atoms with Crippen molar-refractivity contribution in [2.75, 3.05) is 0 Å². The molecule has 1 atom stereocenters. The van der Waals surface area contributed by atoms with Gasteiger partial charge in [-0.1, -0.05) is 37.7 Å². The van der Waals surface area contributed by atoms with Gasteiger partial charge in [0.1, 0.15) is 0 Å². The van der Waals surface area contributed by atoms with E-state index in [9.17, 15) is 4.79 Å². The third kappa shape index (κ3) is 3.40. The monoisotopic (exact) mass is 355 g/mol. The van der Waals surface area contributed by atoms with Crippen molar-refractivity contribution in [2.24, 2.45) is 11.7 Å². The lowest BCUT2D eigenvalue weighted by atomic mass is 10.1. The summed E-state index contributed by atoms with van der Waals surface area (Å²) in [5, 5.41) is 7.91. The summed E-state index contributed by atoms with van der Waals surface area (Å²) < 4.78 is 6.46. The van der Waals surface area contributed by atoms with Crippen molar-refractivity contribution in [3.8, 4) is 11.5 Å². The van der Waals surface area contributed by atoms with Crippen molar-refractivity contribution < 1.29 is 9.21 Å².